The molecular weight excluding hydrogens is 100 g/mol. The zero-order valence-electron chi connectivity index (χ0n) is 7.35. The van der Waals surface area contributed by atoms with Crippen LogP contribution < -0.4 is 0 Å². The van der Waals surface area contributed by atoms with Crippen molar-refractivity contribution in [2.24, 2.45) is 0 Å². The number of rotatable bonds is 1. The van der Waals surface area contributed by atoms with Crippen LogP contribution in [0.4, 0.5) is 0 Å². The molecule has 1 heteroatoms. The van der Waals surface area contributed by atoms with E-state index in [9.17, 15) is 0 Å². The van der Waals surface area contributed by atoms with Gasteiger partial charge in [-0.05, 0) is 19.3 Å². The Bertz CT molecular complexity index is 138. The Labute approximate surface area is 51.7 Å². The van der Waals surface area contributed by atoms with E-state index in [1.165, 1.54) is 0 Å². The van der Waals surface area contributed by atoms with E-state index in [-0.39, 0.29) is 5.54 Å². The lowest BCUT2D eigenvalue weighted by atomic mass is 10.1. The summed E-state index contributed by atoms with van der Waals surface area (Å²) < 4.78 is 21.8. The molecule has 0 heterocycles. The zero-order chi connectivity index (χ0) is 7.61. The second kappa shape index (κ2) is 2.31. The second-order valence-corrected chi connectivity index (χ2v) is 2.80. The number of allylic oxidation sites excluding steroid dienone is 2. The third-order valence-corrected chi connectivity index (χ3v) is 1.79. The van der Waals surface area contributed by atoms with E-state index >= 15 is 0 Å². The molecule has 7 heavy (non-hydrogen) atoms. The van der Waals surface area contributed by atoms with Crippen LogP contribution in [-0.4, -0.2) is 13.7 Å². The highest BCUT2D eigenvalue weighted by atomic mass is 28.1. The monoisotopic (exact) mass is 118 g/mol. The first-order valence-electron chi connectivity index (χ1n) is 4.26. The molecular formula is C6H12Si. The maximum absolute atomic E-state index is 7.26. The molecule has 0 fully saturated rings. The highest BCUT2D eigenvalue weighted by Gasteiger charge is 2.00. The van der Waals surface area contributed by atoms with Gasteiger partial charge in [-0.15, -0.1) is 0 Å². The average molecular weight is 118 g/mol. The molecule has 1 aliphatic carbocycles. The lowest BCUT2D eigenvalue weighted by Crippen LogP contribution is -1.93. The van der Waals surface area contributed by atoms with E-state index in [2.05, 4.69) is 6.08 Å². The van der Waals surface area contributed by atoms with Crippen LogP contribution in [0.15, 0.2) is 12.2 Å². The van der Waals surface area contributed by atoms with E-state index in [0.717, 1.165) is 19.3 Å². The smallest absolute Gasteiger partial charge is 0.00758 e. The summed E-state index contributed by atoms with van der Waals surface area (Å²) in [6.07, 6.45) is 6.74. The Kier molecular flexibility index (Phi) is 0.822. The summed E-state index contributed by atoms with van der Waals surface area (Å²) in [5.41, 5.74) is 0.0532. The van der Waals surface area contributed by atoms with Crippen LogP contribution in [0.1, 0.15) is 19.3 Å². The Morgan fingerprint density at radius 2 is 2.71 bits per heavy atom. The van der Waals surface area contributed by atoms with Gasteiger partial charge in [0.25, 0.3) is 0 Å². The summed E-state index contributed by atoms with van der Waals surface area (Å²) in [4.78, 5) is 0. The van der Waals surface area contributed by atoms with E-state index in [4.69, 9.17) is 3.70 Å². The number of hydrogen-bond acceptors (Lipinski definition) is 0. The van der Waals surface area contributed by atoms with Crippen molar-refractivity contribution in [1.29, 1.82) is 3.70 Å². The summed E-state index contributed by atoms with van der Waals surface area (Å²) >= 11 is 0. The fourth-order valence-electron chi connectivity index (χ4n) is 0.794. The van der Waals surface area contributed by atoms with E-state index < -0.39 is 10.0 Å². The normalized spacial score (nSPS) is 38.9. The van der Waals surface area contributed by atoms with Gasteiger partial charge in [0.05, 0.1) is 0 Å². The van der Waals surface area contributed by atoms with Gasteiger partial charge in [0.15, 0.2) is 0 Å². The molecule has 40 valence electrons. The minimum atomic E-state index is -3.06. The Morgan fingerprint density at radius 1 is 1.71 bits per heavy atom. The van der Waals surface area contributed by atoms with Gasteiger partial charge in [-0.25, -0.2) is 0 Å². The molecule has 0 bridgehead atoms. The van der Waals surface area contributed by atoms with Crippen molar-refractivity contribution in [3.63, 3.8) is 0 Å². The molecule has 0 aromatic rings. The molecule has 0 radical (unpaired) electrons. The third kappa shape index (κ3) is 1.47. The van der Waals surface area contributed by atoms with Gasteiger partial charge in [-0.1, -0.05) is 17.7 Å². The predicted molar refractivity (Wildman–Crippen MR) is 36.7 cm³/mol. The molecule has 1 aliphatic rings. The van der Waals surface area contributed by atoms with Gasteiger partial charge >= 0.3 is 0 Å². The molecule has 0 aliphatic heterocycles. The molecule has 0 amide bonds. The predicted octanol–water partition coefficient (Wildman–Crippen LogP) is 0.880. The first kappa shape index (κ1) is 2.49. The van der Waals surface area contributed by atoms with Crippen molar-refractivity contribution in [3.8, 4) is 0 Å². The Hall–Kier alpha value is -0.0431. The summed E-state index contributed by atoms with van der Waals surface area (Å²) in [5, 5.41) is 0. The van der Waals surface area contributed by atoms with Gasteiger partial charge < -0.3 is 0 Å². The molecule has 0 spiro atoms. The third-order valence-electron chi connectivity index (χ3n) is 1.27. The Balaban J connectivity index is 2.49. The molecule has 0 saturated heterocycles. The maximum atomic E-state index is 7.26. The second-order valence-electron chi connectivity index (χ2n) is 1.98. The molecule has 1 rings (SSSR count). The van der Waals surface area contributed by atoms with Gasteiger partial charge in [-0.3, -0.25) is 0 Å². The topological polar surface area (TPSA) is 0 Å². The van der Waals surface area contributed by atoms with E-state index in [1.807, 2.05) is 6.08 Å². The molecule has 1 unspecified atom stereocenters. The van der Waals surface area contributed by atoms with Crippen LogP contribution in [-0.2, 0) is 0 Å². The van der Waals surface area contributed by atoms with Crippen LogP contribution in [0.5, 0.6) is 0 Å². The minimum absolute atomic E-state index is 0.0532. The summed E-state index contributed by atoms with van der Waals surface area (Å²) in [7, 11) is -3.06. The molecule has 1 atom stereocenters. The fourth-order valence-corrected chi connectivity index (χ4v) is 1.10. The summed E-state index contributed by atoms with van der Waals surface area (Å²) in [6.45, 7) is 0. The highest BCUT2D eigenvalue weighted by Crippen LogP contribution is 2.18. The van der Waals surface area contributed by atoms with Gasteiger partial charge in [-0.2, -0.15) is 0 Å². The Morgan fingerprint density at radius 3 is 3.14 bits per heavy atom. The largest absolute Gasteiger partial charge is 0.0886 e. The molecule has 0 aromatic heterocycles. The van der Waals surface area contributed by atoms with E-state index in [0.29, 0.717) is 0 Å². The van der Waals surface area contributed by atoms with E-state index in [1.54, 1.807) is 0 Å². The van der Waals surface area contributed by atoms with Gasteiger partial charge in [0, 0.05) is 13.7 Å². The SMILES string of the molecule is [3H][Si]([3H])([3H])C1CC=CCC1. The van der Waals surface area contributed by atoms with Crippen LogP contribution in [0.25, 0.3) is 0 Å². The lowest BCUT2D eigenvalue weighted by molar-refractivity contribution is 0.728. The molecule has 0 saturated carbocycles. The molecule has 0 nitrogen and oxygen atoms in total. The number of hydrogen-bond donors (Lipinski definition) is 0. The fraction of sp³-hybridized carbons (Fsp3) is 0.667. The van der Waals surface area contributed by atoms with Gasteiger partial charge in [0.1, 0.15) is 0 Å². The average Bonchev–Trinajstić information content (AvgIpc) is 1.88. The van der Waals surface area contributed by atoms with Crippen molar-refractivity contribution >= 4 is 10.0 Å². The van der Waals surface area contributed by atoms with Gasteiger partial charge in [0.2, 0.25) is 0 Å². The van der Waals surface area contributed by atoms with Crippen molar-refractivity contribution in [2.75, 3.05) is 0 Å². The summed E-state index contributed by atoms with van der Waals surface area (Å²) in [5.74, 6) is 0. The van der Waals surface area contributed by atoms with Crippen LogP contribution in [0, 0.1) is 0 Å². The van der Waals surface area contributed by atoms with Crippen molar-refractivity contribution in [2.45, 2.75) is 24.8 Å². The molecule has 0 N–H and O–H groups in total. The lowest BCUT2D eigenvalue weighted by Gasteiger charge is -2.09. The first-order valence-corrected chi connectivity index (χ1v) is 3.33. The van der Waals surface area contributed by atoms with Crippen LogP contribution in [0.2, 0.25) is 5.54 Å². The summed E-state index contributed by atoms with van der Waals surface area (Å²) in [6, 6.07) is 0. The first-order chi connectivity index (χ1) is 4.61. The van der Waals surface area contributed by atoms with Crippen molar-refractivity contribution in [1.82, 2.24) is 0 Å². The van der Waals surface area contributed by atoms with Crippen LogP contribution in [0.3, 0.4) is 0 Å². The standard InChI is InChI=1S/C6H12Si/c7-6-4-2-1-3-5-6/h1-2,6H,3-5H2,7H3/i7T3. The van der Waals surface area contributed by atoms with Crippen molar-refractivity contribution < 1.29 is 0 Å². The quantitative estimate of drug-likeness (QED) is 0.354. The zero-order valence-corrected chi connectivity index (χ0v) is 5.35. The van der Waals surface area contributed by atoms with Crippen LogP contribution >= 0.6 is 0 Å². The van der Waals surface area contributed by atoms with Crippen molar-refractivity contribution in [3.05, 3.63) is 12.2 Å². The highest BCUT2D eigenvalue weighted by molar-refractivity contribution is 6.11. The maximum Gasteiger partial charge on any atom is 0.00758 e. The molecule has 0 aromatic carbocycles. The minimum Gasteiger partial charge on any atom is -0.0886 e.